The Morgan fingerprint density at radius 3 is 2.04 bits per heavy atom. The van der Waals surface area contributed by atoms with Crippen LogP contribution < -0.4 is 0 Å². The fourth-order valence-corrected chi connectivity index (χ4v) is 2.64. The van der Waals surface area contributed by atoms with Crippen molar-refractivity contribution in [3.05, 3.63) is 16.2 Å². The van der Waals surface area contributed by atoms with Crippen LogP contribution >= 0.6 is 22.6 Å². The average Bonchev–Trinajstić information content (AvgIpc) is 2.90. The minimum atomic E-state index is -6.19. The molecule has 0 bridgehead atoms. The molecule has 0 spiro atoms. The zero-order valence-corrected chi connectivity index (χ0v) is 13.2. The van der Waals surface area contributed by atoms with Crippen molar-refractivity contribution in [3.63, 3.8) is 0 Å². The van der Waals surface area contributed by atoms with Crippen LogP contribution in [-0.4, -0.2) is 45.6 Å². The van der Waals surface area contributed by atoms with Crippen LogP contribution in [0, 0.1) is 9.62 Å². The van der Waals surface area contributed by atoms with Crippen LogP contribution in [0.2, 0.25) is 0 Å². The first kappa shape index (κ1) is 18.2. The van der Waals surface area contributed by atoms with Gasteiger partial charge in [-0.25, -0.2) is 4.98 Å². The van der Waals surface area contributed by atoms with Gasteiger partial charge >= 0.3 is 18.3 Å². The van der Waals surface area contributed by atoms with Crippen LogP contribution in [0.3, 0.4) is 0 Å². The van der Waals surface area contributed by atoms with Gasteiger partial charge in [-0.05, 0) is 22.6 Å². The Bertz CT molecular complexity index is 619. The number of nitrogens with zero attached hydrogens (tertiary/aromatic N) is 4. The monoisotopic (exact) mass is 462 g/mol. The van der Waals surface area contributed by atoms with E-state index < -0.39 is 36.1 Å². The molecule has 0 saturated carbocycles. The molecule has 23 heavy (non-hydrogen) atoms. The van der Waals surface area contributed by atoms with E-state index in [0.717, 1.165) is 24.1 Å². The second-order valence-corrected chi connectivity index (χ2v) is 5.81. The van der Waals surface area contributed by atoms with Gasteiger partial charge in [-0.1, -0.05) is 0 Å². The van der Waals surface area contributed by atoms with Gasteiger partial charge < -0.3 is 4.57 Å². The van der Waals surface area contributed by atoms with E-state index in [1.54, 1.807) is 22.6 Å². The van der Waals surface area contributed by atoms with E-state index in [2.05, 4.69) is 10.1 Å². The molecule has 1 aromatic heterocycles. The number of alkyl halides is 8. The van der Waals surface area contributed by atoms with Crippen molar-refractivity contribution in [2.45, 2.75) is 24.4 Å². The lowest BCUT2D eigenvalue weighted by molar-refractivity contribution is -0.254. The molecular weight excluding hydrogens is 455 g/mol. The van der Waals surface area contributed by atoms with Gasteiger partial charge in [-0.2, -0.15) is 40.2 Å². The summed E-state index contributed by atoms with van der Waals surface area (Å²) in [5.41, 5.74) is -2.28. The first-order valence-electron chi connectivity index (χ1n) is 5.79. The molecular formula is C10H7F8IN4. The van der Waals surface area contributed by atoms with E-state index in [-0.39, 0.29) is 3.70 Å². The third-order valence-corrected chi connectivity index (χ3v) is 3.70. The molecule has 0 aromatic carbocycles. The highest BCUT2D eigenvalue weighted by Gasteiger charge is 2.69. The summed E-state index contributed by atoms with van der Waals surface area (Å²) in [6.45, 7) is 0. The number of imidazole rings is 1. The summed E-state index contributed by atoms with van der Waals surface area (Å²) < 4.78 is 105. The van der Waals surface area contributed by atoms with Gasteiger partial charge in [0.15, 0.2) is 0 Å². The van der Waals surface area contributed by atoms with Gasteiger partial charge in [0.05, 0.1) is 6.33 Å². The van der Waals surface area contributed by atoms with Crippen LogP contribution in [0.5, 0.6) is 0 Å². The van der Waals surface area contributed by atoms with Crippen molar-refractivity contribution in [2.24, 2.45) is 11.0 Å². The third kappa shape index (κ3) is 3.10. The number of hydrazone groups is 1. The lowest BCUT2D eigenvalue weighted by atomic mass is 9.94. The Kier molecular flexibility index (Phi) is 4.31. The Hall–Kier alpha value is -1.15. The molecule has 1 aliphatic heterocycles. The van der Waals surface area contributed by atoms with Crippen LogP contribution in [0.1, 0.15) is 6.17 Å². The highest BCUT2D eigenvalue weighted by atomic mass is 127. The van der Waals surface area contributed by atoms with Gasteiger partial charge in [0.1, 0.15) is 21.5 Å². The topological polar surface area (TPSA) is 33.4 Å². The molecule has 2 unspecified atom stereocenters. The molecule has 0 fully saturated rings. The van der Waals surface area contributed by atoms with Crippen molar-refractivity contribution in [3.8, 4) is 0 Å². The summed E-state index contributed by atoms with van der Waals surface area (Å²) >= 11 is 1.66. The predicted molar refractivity (Wildman–Crippen MR) is 69.7 cm³/mol. The minimum absolute atomic E-state index is 0.243. The maximum absolute atomic E-state index is 13.5. The smallest absolute Gasteiger partial charge is 0.313 e. The summed E-state index contributed by atoms with van der Waals surface area (Å²) in [7, 11) is 0.885. The first-order valence-corrected chi connectivity index (χ1v) is 6.86. The van der Waals surface area contributed by atoms with Gasteiger partial charge in [-0.3, -0.25) is 5.01 Å². The highest BCUT2D eigenvalue weighted by Crippen LogP contribution is 2.49. The van der Waals surface area contributed by atoms with E-state index in [1.165, 1.54) is 0 Å². The number of aromatic nitrogens is 2. The van der Waals surface area contributed by atoms with E-state index in [0.29, 0.717) is 5.01 Å². The number of halogens is 9. The molecule has 2 atom stereocenters. The molecule has 130 valence electrons. The molecule has 4 nitrogen and oxygen atoms in total. The van der Waals surface area contributed by atoms with Gasteiger partial charge in [0.2, 0.25) is 0 Å². The Morgan fingerprint density at radius 1 is 1.09 bits per heavy atom. The van der Waals surface area contributed by atoms with E-state index >= 15 is 0 Å². The maximum atomic E-state index is 13.5. The molecule has 0 amide bonds. The van der Waals surface area contributed by atoms with Crippen LogP contribution in [0.25, 0.3) is 0 Å². The third-order valence-electron chi connectivity index (χ3n) is 3.15. The van der Waals surface area contributed by atoms with Gasteiger partial charge in [0.25, 0.3) is 0 Å². The maximum Gasteiger partial charge on any atom is 0.459 e. The summed E-state index contributed by atoms with van der Waals surface area (Å²) in [6, 6.07) is 0. The minimum Gasteiger partial charge on any atom is -0.313 e. The van der Waals surface area contributed by atoms with Crippen molar-refractivity contribution >= 4 is 28.3 Å². The summed E-state index contributed by atoms with van der Waals surface area (Å²) in [5.74, 6) is -8.83. The fraction of sp³-hybridized carbons (Fsp3) is 0.600. The molecule has 0 radical (unpaired) electrons. The molecule has 1 aliphatic rings. The van der Waals surface area contributed by atoms with Crippen molar-refractivity contribution in [2.75, 3.05) is 7.05 Å². The molecule has 1 aromatic rings. The summed E-state index contributed by atoms with van der Waals surface area (Å²) in [4.78, 5) is 3.64. The normalized spacial score (nSPS) is 23.4. The zero-order chi connectivity index (χ0) is 17.8. The van der Waals surface area contributed by atoms with Crippen molar-refractivity contribution in [1.29, 1.82) is 0 Å². The largest absolute Gasteiger partial charge is 0.459 e. The molecule has 0 N–H and O–H groups in total. The first-order chi connectivity index (χ1) is 10.3. The Morgan fingerprint density at radius 2 is 1.65 bits per heavy atom. The van der Waals surface area contributed by atoms with Crippen molar-refractivity contribution in [1.82, 2.24) is 14.6 Å². The molecule has 13 heteroatoms. The predicted octanol–water partition coefficient (Wildman–Crippen LogP) is 3.66. The summed E-state index contributed by atoms with van der Waals surface area (Å²) in [6.07, 6.45) is -11.5. The Labute approximate surface area is 137 Å². The van der Waals surface area contributed by atoms with Gasteiger partial charge in [0, 0.05) is 13.2 Å². The van der Waals surface area contributed by atoms with Gasteiger partial charge in [-0.15, -0.1) is 0 Å². The zero-order valence-electron chi connectivity index (χ0n) is 11.0. The average molecular weight is 462 g/mol. The molecule has 2 heterocycles. The standard InChI is InChI=1S/C10H7F8IN4/c1-22-7(23-2-4(19)20-3-23)5(9(13,14)15)6(21-22)8(11,12)10(16,17)18/h2-3,5,7H,1H3. The molecule has 0 aliphatic carbocycles. The second-order valence-electron chi connectivity index (χ2n) is 4.71. The highest BCUT2D eigenvalue weighted by molar-refractivity contribution is 14.1. The lowest BCUT2D eigenvalue weighted by Crippen LogP contribution is -2.51. The van der Waals surface area contributed by atoms with E-state index in [9.17, 15) is 35.1 Å². The Balaban J connectivity index is 2.54. The van der Waals surface area contributed by atoms with E-state index in [1.807, 2.05) is 0 Å². The fourth-order valence-electron chi connectivity index (χ4n) is 2.20. The van der Waals surface area contributed by atoms with Crippen LogP contribution in [0.15, 0.2) is 17.6 Å². The second kappa shape index (κ2) is 5.44. The van der Waals surface area contributed by atoms with Crippen LogP contribution in [-0.2, 0) is 0 Å². The van der Waals surface area contributed by atoms with Crippen LogP contribution in [0.4, 0.5) is 35.1 Å². The number of hydrogen-bond donors (Lipinski definition) is 0. The number of hydrogen-bond acceptors (Lipinski definition) is 3. The number of rotatable bonds is 2. The van der Waals surface area contributed by atoms with Crippen molar-refractivity contribution < 1.29 is 35.1 Å². The SMILES string of the molecule is CN1N=C(C(F)(F)C(F)(F)F)C(C(F)(F)F)C1n1cnc(I)c1. The molecule has 0 saturated heterocycles. The van der Waals surface area contributed by atoms with E-state index in [4.69, 9.17) is 0 Å². The quantitative estimate of drug-likeness (QED) is 0.497. The molecule has 2 rings (SSSR count). The lowest BCUT2D eigenvalue weighted by Gasteiger charge is -2.29. The summed E-state index contributed by atoms with van der Waals surface area (Å²) in [5, 5.41) is 3.27.